The molecule has 2 unspecified atom stereocenters. The summed E-state index contributed by atoms with van der Waals surface area (Å²) in [6.07, 6.45) is 5.60. The maximum absolute atomic E-state index is 9.79. The first-order chi connectivity index (χ1) is 7.16. The Morgan fingerprint density at radius 3 is 2.87 bits per heavy atom. The number of nitrogens with one attached hydrogen (secondary N) is 1. The van der Waals surface area contributed by atoms with Crippen molar-refractivity contribution in [3.63, 3.8) is 0 Å². The van der Waals surface area contributed by atoms with Crippen molar-refractivity contribution >= 4 is 11.5 Å². The fourth-order valence-electron chi connectivity index (χ4n) is 2.07. The Balaban J connectivity index is 2.04. The Hall–Kier alpha value is -1.23. The topological polar surface area (TPSA) is 76.1 Å². The molecule has 5 heteroatoms. The zero-order valence-corrected chi connectivity index (χ0v) is 8.98. The molecule has 1 saturated carbocycles. The van der Waals surface area contributed by atoms with Crippen molar-refractivity contribution in [2.45, 2.75) is 37.8 Å². The van der Waals surface area contributed by atoms with Gasteiger partial charge >= 0.3 is 0 Å². The Bertz CT molecular complexity index is 336. The second-order valence-corrected chi connectivity index (χ2v) is 4.21. The highest BCUT2D eigenvalue weighted by Crippen LogP contribution is 2.23. The van der Waals surface area contributed by atoms with E-state index >= 15 is 0 Å². The number of anilines is 2. The first-order valence-corrected chi connectivity index (χ1v) is 5.40. The smallest absolute Gasteiger partial charge is 0.171 e. The first-order valence-electron chi connectivity index (χ1n) is 5.40. The molecule has 0 spiro atoms. The Morgan fingerprint density at radius 1 is 1.53 bits per heavy atom. The largest absolute Gasteiger partial charge is 0.394 e. The number of hydrogen-bond donors (Lipinski definition) is 3. The molecule has 0 aliphatic heterocycles. The summed E-state index contributed by atoms with van der Waals surface area (Å²) in [4.78, 5) is 0. The van der Waals surface area contributed by atoms with Crippen molar-refractivity contribution in [3.05, 3.63) is 6.20 Å². The number of rotatable bonds is 2. The van der Waals surface area contributed by atoms with E-state index in [4.69, 9.17) is 5.73 Å². The monoisotopic (exact) mass is 210 g/mol. The molecule has 2 atom stereocenters. The number of nitrogens with two attached hydrogens (primary N) is 1. The van der Waals surface area contributed by atoms with Gasteiger partial charge in [-0.15, -0.1) is 0 Å². The number of nitrogens with zero attached hydrogens (tertiary/aromatic N) is 2. The Labute approximate surface area is 89.3 Å². The standard InChI is InChI=1S/C10H18N4O/c1-14-6-7(11)10(13-14)12-8-4-2-3-5-9(8)15/h6,8-9,15H,2-5,11H2,1H3,(H,12,13). The van der Waals surface area contributed by atoms with Crippen molar-refractivity contribution in [1.82, 2.24) is 9.78 Å². The number of nitrogen functional groups attached to an aromatic ring is 1. The van der Waals surface area contributed by atoms with Crippen molar-refractivity contribution < 1.29 is 5.11 Å². The predicted octanol–water partition coefficient (Wildman–Crippen LogP) is 0.718. The molecular weight excluding hydrogens is 192 g/mol. The molecular formula is C10H18N4O. The fourth-order valence-corrected chi connectivity index (χ4v) is 2.07. The van der Waals surface area contributed by atoms with Gasteiger partial charge in [0.15, 0.2) is 5.82 Å². The van der Waals surface area contributed by atoms with Crippen LogP contribution in [0.2, 0.25) is 0 Å². The minimum atomic E-state index is -0.278. The average molecular weight is 210 g/mol. The first kappa shape index (κ1) is 10.3. The zero-order valence-electron chi connectivity index (χ0n) is 8.98. The number of aliphatic hydroxyl groups is 1. The van der Waals surface area contributed by atoms with Crippen LogP contribution in [0.25, 0.3) is 0 Å². The molecule has 1 aliphatic rings. The lowest BCUT2D eigenvalue weighted by molar-refractivity contribution is 0.116. The molecule has 5 nitrogen and oxygen atoms in total. The normalized spacial score (nSPS) is 26.5. The van der Waals surface area contributed by atoms with E-state index in [2.05, 4.69) is 10.4 Å². The van der Waals surface area contributed by atoms with E-state index in [-0.39, 0.29) is 12.1 Å². The quantitative estimate of drug-likeness (QED) is 0.672. The van der Waals surface area contributed by atoms with E-state index in [9.17, 15) is 5.11 Å². The fraction of sp³-hybridized carbons (Fsp3) is 0.700. The van der Waals surface area contributed by atoms with Crippen LogP contribution in [0.4, 0.5) is 11.5 Å². The Morgan fingerprint density at radius 2 is 2.27 bits per heavy atom. The maximum atomic E-state index is 9.79. The third-order valence-corrected chi connectivity index (χ3v) is 2.91. The van der Waals surface area contributed by atoms with Gasteiger partial charge in [0.25, 0.3) is 0 Å². The van der Waals surface area contributed by atoms with Gasteiger partial charge in [0.2, 0.25) is 0 Å². The molecule has 4 N–H and O–H groups in total. The molecule has 84 valence electrons. The van der Waals surface area contributed by atoms with Crippen LogP contribution in [0.15, 0.2) is 6.20 Å². The maximum Gasteiger partial charge on any atom is 0.171 e. The van der Waals surface area contributed by atoms with Gasteiger partial charge in [-0.1, -0.05) is 12.8 Å². The minimum absolute atomic E-state index is 0.0935. The molecule has 0 amide bonds. The second-order valence-electron chi connectivity index (χ2n) is 4.21. The zero-order chi connectivity index (χ0) is 10.8. The van der Waals surface area contributed by atoms with Crippen LogP contribution in [0, 0.1) is 0 Å². The lowest BCUT2D eigenvalue weighted by Crippen LogP contribution is -2.36. The number of aryl methyl sites for hydroxylation is 1. The van der Waals surface area contributed by atoms with Gasteiger partial charge in [0, 0.05) is 13.2 Å². The lowest BCUT2D eigenvalue weighted by atomic mass is 9.92. The summed E-state index contributed by atoms with van der Waals surface area (Å²) < 4.78 is 1.67. The summed E-state index contributed by atoms with van der Waals surface area (Å²) in [6.45, 7) is 0. The molecule has 1 aliphatic carbocycles. The van der Waals surface area contributed by atoms with Crippen LogP contribution in [0.1, 0.15) is 25.7 Å². The highest BCUT2D eigenvalue weighted by atomic mass is 16.3. The molecule has 0 saturated heterocycles. The van der Waals surface area contributed by atoms with Crippen LogP contribution in [-0.2, 0) is 7.05 Å². The molecule has 1 aromatic heterocycles. The van der Waals surface area contributed by atoms with Crippen LogP contribution in [0.5, 0.6) is 0 Å². The number of hydrogen-bond acceptors (Lipinski definition) is 4. The van der Waals surface area contributed by atoms with E-state index in [0.717, 1.165) is 25.7 Å². The summed E-state index contributed by atoms with van der Waals surface area (Å²) in [7, 11) is 1.83. The lowest BCUT2D eigenvalue weighted by Gasteiger charge is -2.28. The third kappa shape index (κ3) is 2.23. The number of aromatic nitrogens is 2. The van der Waals surface area contributed by atoms with Gasteiger partial charge in [-0.2, -0.15) is 5.10 Å². The highest BCUT2D eigenvalue weighted by molar-refractivity contribution is 5.60. The van der Waals surface area contributed by atoms with Gasteiger partial charge in [-0.05, 0) is 12.8 Å². The van der Waals surface area contributed by atoms with Crippen LogP contribution >= 0.6 is 0 Å². The molecule has 2 rings (SSSR count). The summed E-state index contributed by atoms with van der Waals surface area (Å²) >= 11 is 0. The molecule has 0 bridgehead atoms. The van der Waals surface area contributed by atoms with E-state index in [1.54, 1.807) is 10.9 Å². The summed E-state index contributed by atoms with van der Waals surface area (Å²) in [6, 6.07) is 0.0935. The van der Waals surface area contributed by atoms with Crippen LogP contribution in [0.3, 0.4) is 0 Å². The molecule has 1 heterocycles. The molecule has 0 radical (unpaired) electrons. The van der Waals surface area contributed by atoms with E-state index < -0.39 is 0 Å². The average Bonchev–Trinajstić information content (AvgIpc) is 2.49. The molecule has 0 aromatic carbocycles. The minimum Gasteiger partial charge on any atom is -0.394 e. The van der Waals surface area contributed by atoms with E-state index in [1.807, 2.05) is 7.05 Å². The second kappa shape index (κ2) is 4.10. The van der Waals surface area contributed by atoms with E-state index in [1.165, 1.54) is 0 Å². The van der Waals surface area contributed by atoms with Crippen molar-refractivity contribution in [1.29, 1.82) is 0 Å². The SMILES string of the molecule is Cn1cc(N)c(NC2CCCCC2O)n1. The summed E-state index contributed by atoms with van der Waals surface area (Å²) in [5.74, 6) is 0.684. The van der Waals surface area contributed by atoms with Gasteiger partial charge in [0.1, 0.15) is 0 Å². The van der Waals surface area contributed by atoms with Gasteiger partial charge in [-0.25, -0.2) is 0 Å². The van der Waals surface area contributed by atoms with Crippen molar-refractivity contribution in [2.24, 2.45) is 7.05 Å². The third-order valence-electron chi connectivity index (χ3n) is 2.91. The molecule has 1 aromatic rings. The van der Waals surface area contributed by atoms with Gasteiger partial charge < -0.3 is 16.2 Å². The Kier molecular flexibility index (Phi) is 2.81. The van der Waals surface area contributed by atoms with Crippen LogP contribution in [-0.4, -0.2) is 27.0 Å². The van der Waals surface area contributed by atoms with Crippen LogP contribution < -0.4 is 11.1 Å². The summed E-state index contributed by atoms with van der Waals surface area (Å²) in [5.41, 5.74) is 6.41. The van der Waals surface area contributed by atoms with Crippen molar-refractivity contribution in [3.8, 4) is 0 Å². The van der Waals surface area contributed by atoms with Crippen molar-refractivity contribution in [2.75, 3.05) is 11.1 Å². The van der Waals surface area contributed by atoms with Gasteiger partial charge in [0.05, 0.1) is 17.8 Å². The summed E-state index contributed by atoms with van der Waals surface area (Å²) in [5, 5.41) is 17.2. The predicted molar refractivity (Wildman–Crippen MR) is 59.5 cm³/mol. The van der Waals surface area contributed by atoms with Gasteiger partial charge in [-0.3, -0.25) is 4.68 Å². The van der Waals surface area contributed by atoms with E-state index in [0.29, 0.717) is 11.5 Å². The molecule has 15 heavy (non-hydrogen) atoms. The molecule has 1 fully saturated rings. The highest BCUT2D eigenvalue weighted by Gasteiger charge is 2.23. The number of aliphatic hydroxyl groups excluding tert-OH is 1.